The van der Waals surface area contributed by atoms with E-state index in [2.05, 4.69) is 40.4 Å². The molecule has 0 unspecified atom stereocenters. The molecule has 2 aromatic carbocycles. The summed E-state index contributed by atoms with van der Waals surface area (Å²) in [6.45, 7) is 3.78. The molecule has 0 spiro atoms. The summed E-state index contributed by atoms with van der Waals surface area (Å²) in [4.78, 5) is 23.9. The van der Waals surface area contributed by atoms with Gasteiger partial charge in [0.1, 0.15) is 11.9 Å². The number of hydrogen-bond acceptors (Lipinski definition) is 5. The van der Waals surface area contributed by atoms with Crippen LogP contribution in [0, 0.1) is 18.3 Å². The molecule has 0 bridgehead atoms. The van der Waals surface area contributed by atoms with Crippen LogP contribution in [0.2, 0.25) is 0 Å². The lowest BCUT2D eigenvalue weighted by Gasteiger charge is -2.27. The Hall–Kier alpha value is -3.89. The fourth-order valence-corrected chi connectivity index (χ4v) is 5.18. The summed E-state index contributed by atoms with van der Waals surface area (Å²) in [5, 5.41) is 10.2. The summed E-state index contributed by atoms with van der Waals surface area (Å²) >= 11 is 0. The molecule has 0 N–H and O–H groups in total. The number of benzene rings is 2. The topological polar surface area (TPSA) is 67.9 Å². The fraction of sp³-hybridized carbons (Fsp3) is 0.321. The number of amides is 1. The van der Waals surface area contributed by atoms with E-state index >= 15 is 0 Å². The summed E-state index contributed by atoms with van der Waals surface area (Å²) in [6.07, 6.45) is 1.05. The number of imidazole rings is 1. The Kier molecular flexibility index (Phi) is 5.70. The van der Waals surface area contributed by atoms with E-state index in [1.165, 1.54) is 0 Å². The van der Waals surface area contributed by atoms with Gasteiger partial charge in [-0.3, -0.25) is 9.20 Å². The average molecular weight is 467 g/mol. The smallest absolute Gasteiger partial charge is 0.253 e. The summed E-state index contributed by atoms with van der Waals surface area (Å²) in [7, 11) is 7.76. The lowest BCUT2D eigenvalue weighted by molar-refractivity contribution is 0.0827. The Morgan fingerprint density at radius 2 is 1.89 bits per heavy atom. The number of aromatic nitrogens is 2. The zero-order valence-electron chi connectivity index (χ0n) is 20.9. The number of hydrogen-bond donors (Lipinski definition) is 0. The van der Waals surface area contributed by atoms with Gasteiger partial charge in [-0.1, -0.05) is 24.3 Å². The minimum absolute atomic E-state index is 0.0467. The predicted molar refractivity (Wildman–Crippen MR) is 140 cm³/mol. The first-order valence-electron chi connectivity index (χ1n) is 11.9. The molecule has 4 aromatic rings. The Morgan fingerprint density at radius 1 is 1.11 bits per heavy atom. The van der Waals surface area contributed by atoms with Gasteiger partial charge in [-0.15, -0.1) is 0 Å². The van der Waals surface area contributed by atoms with Crippen molar-refractivity contribution in [2.75, 3.05) is 46.2 Å². The number of para-hydroxylation sites is 2. The van der Waals surface area contributed by atoms with Gasteiger partial charge in [0.2, 0.25) is 0 Å². The third-order valence-electron chi connectivity index (χ3n) is 7.08. The second-order valence-electron chi connectivity index (χ2n) is 9.70. The van der Waals surface area contributed by atoms with Crippen LogP contribution >= 0.6 is 0 Å². The van der Waals surface area contributed by atoms with Crippen molar-refractivity contribution in [1.29, 1.82) is 5.26 Å². The average Bonchev–Trinajstić information content (AvgIpc) is 3.48. The summed E-state index contributed by atoms with van der Waals surface area (Å²) in [5.74, 6) is 0.985. The Balaban J connectivity index is 1.87. The third-order valence-corrected chi connectivity index (χ3v) is 7.08. The molecule has 7 heteroatoms. The molecular weight excluding hydrogens is 436 g/mol. The zero-order chi connectivity index (χ0) is 24.9. The molecule has 7 nitrogen and oxygen atoms in total. The van der Waals surface area contributed by atoms with Crippen LogP contribution in [0.25, 0.3) is 27.8 Å². The van der Waals surface area contributed by atoms with Crippen molar-refractivity contribution in [1.82, 2.24) is 19.2 Å². The molecule has 1 aliphatic heterocycles. The normalized spacial score (nSPS) is 15.8. The molecule has 35 heavy (non-hydrogen) atoms. The number of nitriles is 1. The van der Waals surface area contributed by atoms with E-state index in [1.54, 1.807) is 19.0 Å². The molecule has 0 radical (unpaired) electrons. The molecule has 2 aromatic heterocycles. The van der Waals surface area contributed by atoms with Gasteiger partial charge in [-0.05, 0) is 62.8 Å². The van der Waals surface area contributed by atoms with Gasteiger partial charge in [0, 0.05) is 44.4 Å². The van der Waals surface area contributed by atoms with Gasteiger partial charge in [-0.2, -0.15) is 5.26 Å². The number of likely N-dealkylation sites (N-methyl/N-ethyl adjacent to an activating group) is 1. The number of carbonyl (C=O) groups is 1. The standard InChI is InChI=1S/C28H30N6O/c1-18-22(16-29)26-30-23-11-6-7-12-24(23)34(26)27(33-14-13-21(17-33)31(2)3)25(18)19-9-8-10-20(15-19)28(35)32(4)5/h6-12,15,21H,13-14,17H2,1-5H3/t21-/m0/s1. The molecule has 1 saturated heterocycles. The largest absolute Gasteiger partial charge is 0.356 e. The maximum atomic E-state index is 12.8. The van der Waals surface area contributed by atoms with Crippen molar-refractivity contribution < 1.29 is 4.79 Å². The van der Waals surface area contributed by atoms with Crippen LogP contribution in [0.3, 0.4) is 0 Å². The van der Waals surface area contributed by atoms with E-state index in [0.29, 0.717) is 22.8 Å². The van der Waals surface area contributed by atoms with Gasteiger partial charge in [0.05, 0.1) is 16.6 Å². The molecule has 1 atom stereocenters. The lowest BCUT2D eigenvalue weighted by Crippen LogP contribution is -2.32. The number of rotatable bonds is 4. The van der Waals surface area contributed by atoms with Crippen molar-refractivity contribution in [2.45, 2.75) is 19.4 Å². The molecule has 0 aliphatic carbocycles. The highest BCUT2D eigenvalue weighted by atomic mass is 16.2. The van der Waals surface area contributed by atoms with E-state index in [-0.39, 0.29) is 5.91 Å². The zero-order valence-corrected chi connectivity index (χ0v) is 20.9. The third kappa shape index (κ3) is 3.71. The molecule has 0 saturated carbocycles. The van der Waals surface area contributed by atoms with Crippen molar-refractivity contribution in [2.24, 2.45) is 0 Å². The first kappa shape index (κ1) is 22.9. The number of pyridine rings is 1. The Morgan fingerprint density at radius 3 is 2.57 bits per heavy atom. The molecule has 178 valence electrons. The minimum atomic E-state index is -0.0467. The van der Waals surface area contributed by atoms with E-state index in [1.807, 2.05) is 49.4 Å². The van der Waals surface area contributed by atoms with E-state index < -0.39 is 0 Å². The number of fused-ring (bicyclic) bond motifs is 3. The van der Waals surface area contributed by atoms with Crippen LogP contribution in [0.5, 0.6) is 0 Å². The molecule has 1 aliphatic rings. The summed E-state index contributed by atoms with van der Waals surface area (Å²) in [6, 6.07) is 18.6. The summed E-state index contributed by atoms with van der Waals surface area (Å²) < 4.78 is 2.15. The van der Waals surface area contributed by atoms with Crippen LogP contribution in [0.15, 0.2) is 48.5 Å². The monoisotopic (exact) mass is 466 g/mol. The van der Waals surface area contributed by atoms with Gasteiger partial charge < -0.3 is 14.7 Å². The molecule has 1 fully saturated rings. The van der Waals surface area contributed by atoms with Crippen molar-refractivity contribution in [3.63, 3.8) is 0 Å². The van der Waals surface area contributed by atoms with Crippen molar-refractivity contribution in [3.05, 3.63) is 65.2 Å². The van der Waals surface area contributed by atoms with Gasteiger partial charge in [-0.25, -0.2) is 4.98 Å². The minimum Gasteiger partial charge on any atom is -0.356 e. The quantitative estimate of drug-likeness (QED) is 0.451. The van der Waals surface area contributed by atoms with Crippen LogP contribution in [0.4, 0.5) is 5.82 Å². The predicted octanol–water partition coefficient (Wildman–Crippen LogP) is 4.18. The van der Waals surface area contributed by atoms with E-state index in [9.17, 15) is 10.1 Å². The highest BCUT2D eigenvalue weighted by molar-refractivity contribution is 5.97. The fourth-order valence-electron chi connectivity index (χ4n) is 5.18. The first-order chi connectivity index (χ1) is 16.8. The van der Waals surface area contributed by atoms with E-state index in [0.717, 1.165) is 53.1 Å². The number of carbonyl (C=O) groups excluding carboxylic acids is 1. The highest BCUT2D eigenvalue weighted by Gasteiger charge is 2.31. The molecule has 1 amide bonds. The number of nitrogens with zero attached hydrogens (tertiary/aromatic N) is 6. The van der Waals surface area contributed by atoms with Crippen molar-refractivity contribution >= 4 is 28.4 Å². The molecule has 3 heterocycles. The van der Waals surface area contributed by atoms with Crippen LogP contribution in [0.1, 0.15) is 27.9 Å². The second kappa shape index (κ2) is 8.71. The molecular formula is C28H30N6O. The SMILES string of the molecule is Cc1c(-c2cccc(C(=O)N(C)C)c2)c(N2CC[C@H](N(C)C)C2)n2c(nc3ccccc32)c1C#N. The molecule has 5 rings (SSSR count). The van der Waals surface area contributed by atoms with Crippen molar-refractivity contribution in [3.8, 4) is 17.2 Å². The maximum Gasteiger partial charge on any atom is 0.253 e. The van der Waals surface area contributed by atoms with Crippen LogP contribution in [-0.4, -0.2) is 72.4 Å². The van der Waals surface area contributed by atoms with Crippen LogP contribution < -0.4 is 4.90 Å². The first-order valence-corrected chi connectivity index (χ1v) is 11.9. The van der Waals surface area contributed by atoms with E-state index in [4.69, 9.17) is 4.98 Å². The Labute approximate surface area is 205 Å². The highest BCUT2D eigenvalue weighted by Crippen LogP contribution is 2.41. The number of anilines is 1. The van der Waals surface area contributed by atoms with Crippen LogP contribution in [-0.2, 0) is 0 Å². The summed E-state index contributed by atoms with van der Waals surface area (Å²) in [5.41, 5.74) is 6.49. The lowest BCUT2D eigenvalue weighted by atomic mass is 9.95. The van der Waals surface area contributed by atoms with Gasteiger partial charge in [0.15, 0.2) is 5.65 Å². The second-order valence-corrected chi connectivity index (χ2v) is 9.70. The maximum absolute atomic E-state index is 12.8. The van der Waals surface area contributed by atoms with Gasteiger partial charge in [0.25, 0.3) is 5.91 Å². The van der Waals surface area contributed by atoms with Gasteiger partial charge >= 0.3 is 0 Å². The Bertz CT molecular complexity index is 1490.